The van der Waals surface area contributed by atoms with Crippen LogP contribution in [0.25, 0.3) is 11.2 Å². The molecule has 1 atom stereocenters. The lowest BCUT2D eigenvalue weighted by molar-refractivity contribution is 0.912. The van der Waals surface area contributed by atoms with Crippen LogP contribution in [0.5, 0.6) is 0 Å². The summed E-state index contributed by atoms with van der Waals surface area (Å²) in [5.41, 5.74) is 2.55. The summed E-state index contributed by atoms with van der Waals surface area (Å²) in [5.74, 6) is -0.139. The summed E-state index contributed by atoms with van der Waals surface area (Å²) in [6, 6.07) is 5.67. The molecule has 1 unspecified atom stereocenters. The van der Waals surface area contributed by atoms with Crippen LogP contribution in [-0.4, -0.2) is 14.6 Å². The summed E-state index contributed by atoms with van der Waals surface area (Å²) in [7, 11) is 0. The Morgan fingerprint density at radius 3 is 2.81 bits per heavy atom. The summed E-state index contributed by atoms with van der Waals surface area (Å²) >= 11 is 5.85. The first-order valence-electron chi connectivity index (χ1n) is 6.73. The molecule has 2 aromatic rings. The first-order valence-corrected chi connectivity index (χ1v) is 7.10. The van der Waals surface area contributed by atoms with Crippen LogP contribution in [-0.2, 0) is 0 Å². The van der Waals surface area contributed by atoms with Crippen molar-refractivity contribution in [3.05, 3.63) is 47.9 Å². The molecule has 2 aromatic heterocycles. The molecule has 4 nitrogen and oxygen atoms in total. The molecular formula is C16H19ClN4. The van der Waals surface area contributed by atoms with Gasteiger partial charge >= 0.3 is 0 Å². The van der Waals surface area contributed by atoms with Crippen molar-refractivity contribution in [1.29, 1.82) is 5.26 Å². The smallest absolute Gasteiger partial charge is 0.154 e. The normalized spacial score (nSPS) is 12.2. The zero-order chi connectivity index (χ0) is 15.8. The van der Waals surface area contributed by atoms with Crippen molar-refractivity contribution in [2.75, 3.05) is 0 Å². The van der Waals surface area contributed by atoms with Gasteiger partial charge in [0.15, 0.2) is 5.65 Å². The summed E-state index contributed by atoms with van der Waals surface area (Å²) in [6.07, 6.45) is 6.57. The standard InChI is InChI=1S/C12H11ClN4.C4H8/c1-8(6-14)5-9(2)10-7-15-12-4-3-11(13)16-17(10)12;1-3-4-2/h3-5,7-8H,1-2H3;3H,1,4H2,2H3/b9-5+;. The van der Waals surface area contributed by atoms with Crippen molar-refractivity contribution in [1.82, 2.24) is 14.6 Å². The molecule has 21 heavy (non-hydrogen) atoms. The van der Waals surface area contributed by atoms with Crippen LogP contribution in [0.1, 0.15) is 32.9 Å². The topological polar surface area (TPSA) is 54.0 Å². The number of halogens is 1. The highest BCUT2D eigenvalue weighted by molar-refractivity contribution is 6.29. The van der Waals surface area contributed by atoms with Gasteiger partial charge in [0.25, 0.3) is 0 Å². The zero-order valence-electron chi connectivity index (χ0n) is 12.5. The Labute approximate surface area is 130 Å². The molecule has 110 valence electrons. The van der Waals surface area contributed by atoms with Crippen molar-refractivity contribution < 1.29 is 0 Å². The van der Waals surface area contributed by atoms with Crippen LogP contribution in [0.2, 0.25) is 5.15 Å². The van der Waals surface area contributed by atoms with E-state index < -0.39 is 0 Å². The molecule has 0 radical (unpaired) electrons. The highest BCUT2D eigenvalue weighted by Gasteiger charge is 2.07. The zero-order valence-corrected chi connectivity index (χ0v) is 13.3. The summed E-state index contributed by atoms with van der Waals surface area (Å²) in [5, 5.41) is 13.4. The Balaban J connectivity index is 0.000000491. The maximum absolute atomic E-state index is 8.78. The largest absolute Gasteiger partial charge is 0.235 e. The van der Waals surface area contributed by atoms with Gasteiger partial charge in [0.2, 0.25) is 0 Å². The van der Waals surface area contributed by atoms with E-state index in [0.29, 0.717) is 5.15 Å². The first kappa shape index (κ1) is 16.9. The number of nitrogens with zero attached hydrogens (tertiary/aromatic N) is 4. The number of fused-ring (bicyclic) bond motifs is 1. The molecule has 0 saturated carbocycles. The average Bonchev–Trinajstić information content (AvgIpc) is 2.90. The second kappa shape index (κ2) is 8.23. The third-order valence-electron chi connectivity index (χ3n) is 2.73. The Hall–Kier alpha value is -2.12. The fraction of sp³-hybridized carbons (Fsp3) is 0.312. The van der Waals surface area contributed by atoms with Crippen LogP contribution in [0.15, 0.2) is 37.1 Å². The number of nitriles is 1. The average molecular weight is 303 g/mol. The van der Waals surface area contributed by atoms with E-state index in [1.165, 1.54) is 0 Å². The molecule has 0 aliphatic rings. The highest BCUT2D eigenvalue weighted by Crippen LogP contribution is 2.18. The Bertz CT molecular complexity index is 679. The second-order valence-electron chi connectivity index (χ2n) is 4.53. The van der Waals surface area contributed by atoms with E-state index in [1.54, 1.807) is 22.8 Å². The van der Waals surface area contributed by atoms with Crippen LogP contribution in [0.4, 0.5) is 0 Å². The minimum absolute atomic E-state index is 0.139. The van der Waals surface area contributed by atoms with Gasteiger partial charge in [-0.05, 0) is 38.0 Å². The molecule has 0 bridgehead atoms. The summed E-state index contributed by atoms with van der Waals surface area (Å²) in [4.78, 5) is 4.23. The van der Waals surface area contributed by atoms with Crippen molar-refractivity contribution in [2.24, 2.45) is 5.92 Å². The molecule has 0 spiro atoms. The van der Waals surface area contributed by atoms with Gasteiger partial charge in [0, 0.05) is 0 Å². The second-order valence-corrected chi connectivity index (χ2v) is 4.92. The first-order chi connectivity index (χ1) is 10.0. The maximum atomic E-state index is 8.78. The SMILES string of the molecule is C/C(=C\C(C)C#N)c1cnc2ccc(Cl)nn12.C=CCC. The van der Waals surface area contributed by atoms with Gasteiger partial charge < -0.3 is 0 Å². The van der Waals surface area contributed by atoms with E-state index in [9.17, 15) is 0 Å². The predicted molar refractivity (Wildman–Crippen MR) is 86.9 cm³/mol. The van der Waals surface area contributed by atoms with Crippen molar-refractivity contribution in [3.8, 4) is 6.07 Å². The third kappa shape index (κ3) is 4.73. The Morgan fingerprint density at radius 2 is 2.24 bits per heavy atom. The number of allylic oxidation sites excluding steroid dienone is 3. The number of hydrogen-bond acceptors (Lipinski definition) is 3. The van der Waals surface area contributed by atoms with Gasteiger partial charge in [0.05, 0.1) is 23.9 Å². The highest BCUT2D eigenvalue weighted by atomic mass is 35.5. The minimum Gasteiger partial charge on any atom is -0.235 e. The van der Waals surface area contributed by atoms with Crippen molar-refractivity contribution >= 4 is 22.8 Å². The minimum atomic E-state index is -0.139. The molecule has 0 fully saturated rings. The van der Waals surface area contributed by atoms with Gasteiger partial charge in [0.1, 0.15) is 5.15 Å². The van der Waals surface area contributed by atoms with E-state index in [2.05, 4.69) is 29.7 Å². The van der Waals surface area contributed by atoms with E-state index in [-0.39, 0.29) is 5.92 Å². The molecular weight excluding hydrogens is 284 g/mol. The lowest BCUT2D eigenvalue weighted by Crippen LogP contribution is -1.97. The fourth-order valence-corrected chi connectivity index (χ4v) is 1.76. The molecule has 0 amide bonds. The molecule has 5 heteroatoms. The molecule has 0 N–H and O–H groups in total. The van der Waals surface area contributed by atoms with Crippen LogP contribution in [0, 0.1) is 17.2 Å². The number of hydrogen-bond donors (Lipinski definition) is 0. The quantitative estimate of drug-likeness (QED) is 0.783. The van der Waals surface area contributed by atoms with Crippen LogP contribution >= 0.6 is 11.6 Å². The van der Waals surface area contributed by atoms with E-state index in [1.807, 2.05) is 26.0 Å². The van der Waals surface area contributed by atoms with Crippen molar-refractivity contribution in [3.63, 3.8) is 0 Å². The van der Waals surface area contributed by atoms with Gasteiger partial charge in [-0.25, -0.2) is 9.50 Å². The van der Waals surface area contributed by atoms with Gasteiger partial charge in [-0.3, -0.25) is 0 Å². The predicted octanol–water partition coefficient (Wildman–Crippen LogP) is 4.53. The van der Waals surface area contributed by atoms with Gasteiger partial charge in [-0.1, -0.05) is 30.7 Å². The molecule has 2 rings (SSSR count). The fourth-order valence-electron chi connectivity index (χ4n) is 1.62. The monoisotopic (exact) mass is 302 g/mol. The molecule has 0 aliphatic carbocycles. The summed E-state index contributed by atoms with van der Waals surface area (Å²) in [6.45, 7) is 9.31. The van der Waals surface area contributed by atoms with E-state index in [0.717, 1.165) is 23.3 Å². The lowest BCUT2D eigenvalue weighted by atomic mass is 10.1. The van der Waals surface area contributed by atoms with Gasteiger partial charge in [-0.2, -0.15) is 10.4 Å². The van der Waals surface area contributed by atoms with Crippen LogP contribution < -0.4 is 0 Å². The number of aromatic nitrogens is 3. The molecule has 0 aliphatic heterocycles. The summed E-state index contributed by atoms with van der Waals surface area (Å²) < 4.78 is 1.68. The molecule has 2 heterocycles. The van der Waals surface area contributed by atoms with E-state index >= 15 is 0 Å². The van der Waals surface area contributed by atoms with Crippen LogP contribution in [0.3, 0.4) is 0 Å². The van der Waals surface area contributed by atoms with E-state index in [4.69, 9.17) is 16.9 Å². The molecule has 0 aromatic carbocycles. The Morgan fingerprint density at radius 1 is 1.57 bits per heavy atom. The molecule has 0 saturated heterocycles. The Kier molecular flexibility index (Phi) is 6.64. The maximum Gasteiger partial charge on any atom is 0.154 e. The van der Waals surface area contributed by atoms with Crippen molar-refractivity contribution in [2.45, 2.75) is 27.2 Å². The lowest BCUT2D eigenvalue weighted by Gasteiger charge is -2.02. The number of rotatable bonds is 3. The number of imidazole rings is 1. The van der Waals surface area contributed by atoms with Gasteiger partial charge in [-0.15, -0.1) is 6.58 Å². The third-order valence-corrected chi connectivity index (χ3v) is 2.93.